The molecule has 1 amide bonds. The summed E-state index contributed by atoms with van der Waals surface area (Å²) < 4.78 is 28.8. The Balaban J connectivity index is 2.15. The van der Waals surface area contributed by atoms with Crippen molar-refractivity contribution >= 4 is 15.9 Å². The fraction of sp³-hybridized carbons (Fsp3) is 0.538. The van der Waals surface area contributed by atoms with Crippen LogP contribution in [0.1, 0.15) is 26.2 Å². The average Bonchev–Trinajstić information content (AvgIpc) is 2.88. The highest BCUT2D eigenvalue weighted by Gasteiger charge is 2.31. The first-order chi connectivity index (χ1) is 9.94. The van der Waals surface area contributed by atoms with E-state index in [1.165, 1.54) is 12.4 Å². The maximum absolute atomic E-state index is 12.3. The molecule has 0 spiro atoms. The van der Waals surface area contributed by atoms with Crippen LogP contribution in [0.5, 0.6) is 0 Å². The molecule has 0 bridgehead atoms. The molecular formula is C13H20N4O3S. The third-order valence-corrected chi connectivity index (χ3v) is 4.92. The van der Waals surface area contributed by atoms with E-state index in [0.29, 0.717) is 19.4 Å². The first kappa shape index (κ1) is 15.7. The van der Waals surface area contributed by atoms with Crippen molar-refractivity contribution in [3.63, 3.8) is 0 Å². The minimum atomic E-state index is -3.70. The minimum Gasteiger partial charge on any atom is -0.369 e. The van der Waals surface area contributed by atoms with Crippen molar-refractivity contribution in [1.29, 1.82) is 0 Å². The van der Waals surface area contributed by atoms with Crippen LogP contribution in [0.2, 0.25) is 0 Å². The van der Waals surface area contributed by atoms with E-state index in [1.807, 2.05) is 19.1 Å². The Hall–Kier alpha value is -1.67. The lowest BCUT2D eigenvalue weighted by atomic mass is 9.89. The lowest BCUT2D eigenvalue weighted by Gasteiger charge is -2.26. The minimum absolute atomic E-state index is 0.105. The number of amides is 1. The van der Waals surface area contributed by atoms with Crippen LogP contribution in [-0.4, -0.2) is 30.1 Å². The molecule has 1 aliphatic carbocycles. The smallest absolute Gasteiger partial charge is 0.243 e. The van der Waals surface area contributed by atoms with E-state index < -0.39 is 27.9 Å². The van der Waals surface area contributed by atoms with Gasteiger partial charge < -0.3 is 5.73 Å². The predicted octanol–water partition coefficient (Wildman–Crippen LogP) is 0.392. The molecule has 0 saturated carbocycles. The number of hydrogen-bond donors (Lipinski definition) is 2. The van der Waals surface area contributed by atoms with Crippen LogP contribution >= 0.6 is 0 Å². The van der Waals surface area contributed by atoms with Crippen molar-refractivity contribution in [2.45, 2.75) is 43.7 Å². The fourth-order valence-electron chi connectivity index (χ4n) is 2.36. The van der Waals surface area contributed by atoms with Crippen LogP contribution in [-0.2, 0) is 21.4 Å². The molecule has 0 aromatic carbocycles. The second-order valence-electron chi connectivity index (χ2n) is 5.12. The van der Waals surface area contributed by atoms with Gasteiger partial charge in [0.05, 0.1) is 12.1 Å². The molecular weight excluding hydrogens is 292 g/mol. The van der Waals surface area contributed by atoms with Crippen LogP contribution in [0, 0.1) is 5.92 Å². The summed E-state index contributed by atoms with van der Waals surface area (Å²) >= 11 is 0. The molecule has 8 heteroatoms. The maximum Gasteiger partial charge on any atom is 0.243 e. The second kappa shape index (κ2) is 6.40. The standard InChI is InChI=1S/C13H20N4O3S/c1-2-7-17-9-10(8-15-17)21(19,20)16-12-6-4-3-5-11(12)13(14)18/h3-4,8-9,11-12,16H,2,5-7H2,1H3,(H2,14,18). The molecule has 1 aromatic heterocycles. The van der Waals surface area contributed by atoms with Gasteiger partial charge in [-0.05, 0) is 19.3 Å². The van der Waals surface area contributed by atoms with Crippen LogP contribution in [0.25, 0.3) is 0 Å². The summed E-state index contributed by atoms with van der Waals surface area (Å²) in [7, 11) is -3.70. The zero-order valence-corrected chi connectivity index (χ0v) is 12.7. The third-order valence-electron chi connectivity index (χ3n) is 3.48. The molecule has 2 unspecified atom stereocenters. The topological polar surface area (TPSA) is 107 Å². The summed E-state index contributed by atoms with van der Waals surface area (Å²) in [6.45, 7) is 2.64. The lowest BCUT2D eigenvalue weighted by molar-refractivity contribution is -0.122. The van der Waals surface area contributed by atoms with E-state index in [2.05, 4.69) is 9.82 Å². The van der Waals surface area contributed by atoms with Crippen LogP contribution in [0.4, 0.5) is 0 Å². The Morgan fingerprint density at radius 3 is 2.86 bits per heavy atom. The fourth-order valence-corrected chi connectivity index (χ4v) is 3.60. The van der Waals surface area contributed by atoms with Crippen molar-refractivity contribution in [3.05, 3.63) is 24.5 Å². The molecule has 3 N–H and O–H groups in total. The van der Waals surface area contributed by atoms with Crippen LogP contribution in [0.3, 0.4) is 0 Å². The number of allylic oxidation sites excluding steroid dienone is 1. The van der Waals surface area contributed by atoms with Gasteiger partial charge in [-0.25, -0.2) is 13.1 Å². The average molecular weight is 312 g/mol. The third kappa shape index (κ3) is 3.70. The van der Waals surface area contributed by atoms with Gasteiger partial charge in [0.25, 0.3) is 0 Å². The van der Waals surface area contributed by atoms with E-state index in [9.17, 15) is 13.2 Å². The number of carbonyl (C=O) groups excluding carboxylic acids is 1. The molecule has 1 aliphatic rings. The highest BCUT2D eigenvalue weighted by atomic mass is 32.2. The zero-order chi connectivity index (χ0) is 15.5. The van der Waals surface area contributed by atoms with Gasteiger partial charge in [0.15, 0.2) is 0 Å². The SMILES string of the molecule is CCCn1cc(S(=O)(=O)NC2CC=CCC2C(N)=O)cn1. The zero-order valence-electron chi connectivity index (χ0n) is 11.9. The molecule has 2 rings (SSSR count). The first-order valence-electron chi connectivity index (χ1n) is 6.93. The predicted molar refractivity (Wildman–Crippen MR) is 77.7 cm³/mol. The monoisotopic (exact) mass is 312 g/mol. The number of sulfonamides is 1. The number of primary amides is 1. The van der Waals surface area contributed by atoms with Gasteiger partial charge in [0, 0.05) is 18.8 Å². The second-order valence-corrected chi connectivity index (χ2v) is 6.83. The number of nitrogens with two attached hydrogens (primary N) is 1. The van der Waals surface area contributed by atoms with Crippen molar-refractivity contribution in [3.8, 4) is 0 Å². The van der Waals surface area contributed by atoms with E-state index in [4.69, 9.17) is 5.73 Å². The van der Waals surface area contributed by atoms with E-state index in [-0.39, 0.29) is 4.90 Å². The number of hydrogen-bond acceptors (Lipinski definition) is 4. The Morgan fingerprint density at radius 1 is 1.48 bits per heavy atom. The molecule has 0 fully saturated rings. The maximum atomic E-state index is 12.3. The molecule has 1 aromatic rings. The summed E-state index contributed by atoms with van der Waals surface area (Å²) in [6, 6.07) is -0.507. The molecule has 21 heavy (non-hydrogen) atoms. The van der Waals surface area contributed by atoms with Crippen molar-refractivity contribution in [1.82, 2.24) is 14.5 Å². The van der Waals surface area contributed by atoms with Crippen molar-refractivity contribution < 1.29 is 13.2 Å². The van der Waals surface area contributed by atoms with E-state index in [1.54, 1.807) is 4.68 Å². The van der Waals surface area contributed by atoms with Gasteiger partial charge in [-0.3, -0.25) is 9.48 Å². The highest BCUT2D eigenvalue weighted by Crippen LogP contribution is 2.21. The van der Waals surface area contributed by atoms with Gasteiger partial charge >= 0.3 is 0 Å². The Morgan fingerprint density at radius 2 is 2.19 bits per heavy atom. The van der Waals surface area contributed by atoms with Gasteiger partial charge in [0.2, 0.25) is 15.9 Å². The molecule has 116 valence electrons. The summed E-state index contributed by atoms with van der Waals surface area (Å²) in [4.78, 5) is 11.5. The number of carbonyl (C=O) groups is 1. The first-order valence-corrected chi connectivity index (χ1v) is 8.41. The molecule has 2 atom stereocenters. The largest absolute Gasteiger partial charge is 0.369 e. The van der Waals surface area contributed by atoms with Gasteiger partial charge in [-0.15, -0.1) is 0 Å². The Labute approximate surface area is 124 Å². The summed E-state index contributed by atoms with van der Waals surface area (Å²) in [5, 5.41) is 4.01. The van der Waals surface area contributed by atoms with Gasteiger partial charge in [-0.1, -0.05) is 19.1 Å². The van der Waals surface area contributed by atoms with E-state index >= 15 is 0 Å². The molecule has 0 aliphatic heterocycles. The summed E-state index contributed by atoms with van der Waals surface area (Å²) in [5.74, 6) is -1.01. The summed E-state index contributed by atoms with van der Waals surface area (Å²) in [5.41, 5.74) is 5.33. The number of aryl methyl sites for hydroxylation is 1. The van der Waals surface area contributed by atoms with Gasteiger partial charge in [-0.2, -0.15) is 5.10 Å². The number of nitrogens with zero attached hydrogens (tertiary/aromatic N) is 2. The highest BCUT2D eigenvalue weighted by molar-refractivity contribution is 7.89. The number of nitrogens with one attached hydrogen (secondary N) is 1. The van der Waals surface area contributed by atoms with Crippen molar-refractivity contribution in [2.24, 2.45) is 11.7 Å². The van der Waals surface area contributed by atoms with E-state index in [0.717, 1.165) is 6.42 Å². The quantitative estimate of drug-likeness (QED) is 0.741. The number of aromatic nitrogens is 2. The molecule has 0 saturated heterocycles. The Bertz CT molecular complexity index is 636. The normalized spacial score (nSPS) is 22.3. The Kier molecular flexibility index (Phi) is 4.79. The summed E-state index contributed by atoms with van der Waals surface area (Å²) in [6.07, 6.45) is 8.28. The van der Waals surface area contributed by atoms with Crippen molar-refractivity contribution in [2.75, 3.05) is 0 Å². The van der Waals surface area contributed by atoms with Crippen LogP contribution < -0.4 is 10.5 Å². The number of rotatable bonds is 6. The lowest BCUT2D eigenvalue weighted by Crippen LogP contribution is -2.45. The van der Waals surface area contributed by atoms with Gasteiger partial charge in [0.1, 0.15) is 4.90 Å². The molecule has 1 heterocycles. The molecule has 0 radical (unpaired) electrons. The molecule has 7 nitrogen and oxygen atoms in total. The van der Waals surface area contributed by atoms with Crippen LogP contribution in [0.15, 0.2) is 29.4 Å².